The van der Waals surface area contributed by atoms with Gasteiger partial charge < -0.3 is 10.1 Å². The van der Waals surface area contributed by atoms with Crippen LogP contribution >= 0.6 is 23.2 Å². The third-order valence-electron chi connectivity index (χ3n) is 5.84. The minimum Gasteiger partial charge on any atom is -0.454 e. The van der Waals surface area contributed by atoms with Crippen LogP contribution in [0.3, 0.4) is 0 Å². The first-order chi connectivity index (χ1) is 16.7. The highest BCUT2D eigenvalue weighted by Crippen LogP contribution is 2.41. The van der Waals surface area contributed by atoms with Gasteiger partial charge in [-0.15, -0.1) is 0 Å². The monoisotopic (exact) mass is 480 g/mol. The van der Waals surface area contributed by atoms with Gasteiger partial charge in [-0.3, -0.25) is 0 Å². The molecule has 6 rings (SSSR count). The number of halogens is 2. The summed E-state index contributed by atoms with van der Waals surface area (Å²) in [6.07, 6.45) is 0. The lowest BCUT2D eigenvalue weighted by molar-refractivity contribution is 0.486. The van der Waals surface area contributed by atoms with E-state index in [2.05, 4.69) is 17.4 Å². The number of rotatable bonds is 4. The number of pyridine rings is 1. The Balaban J connectivity index is 1.48. The van der Waals surface area contributed by atoms with E-state index in [9.17, 15) is 0 Å². The van der Waals surface area contributed by atoms with Crippen molar-refractivity contribution in [2.24, 2.45) is 0 Å². The summed E-state index contributed by atoms with van der Waals surface area (Å²) in [5.41, 5.74) is 3.49. The second-order valence-electron chi connectivity index (χ2n) is 7.99. The molecule has 0 radical (unpaired) electrons. The summed E-state index contributed by atoms with van der Waals surface area (Å²) in [6, 6.07) is 33.5. The predicted molar refractivity (Wildman–Crippen MR) is 143 cm³/mol. The summed E-state index contributed by atoms with van der Waals surface area (Å²) in [4.78, 5) is 4.81. The SMILES string of the molecule is Clc1ccc(Oc2ccc3ccccc3c2Cl)c(Nc2c3ccccc3nc3ccccc23)c1. The van der Waals surface area contributed by atoms with Gasteiger partial charge in [0.05, 0.1) is 27.4 Å². The highest BCUT2D eigenvalue weighted by molar-refractivity contribution is 6.37. The molecule has 6 aromatic rings. The molecule has 1 N–H and O–H groups in total. The fraction of sp³-hybridized carbons (Fsp3) is 0. The molecule has 1 heterocycles. The molecule has 0 saturated carbocycles. The maximum Gasteiger partial charge on any atom is 0.151 e. The predicted octanol–water partition coefficient (Wildman–Crippen LogP) is 9.38. The Kier molecular flexibility index (Phi) is 5.21. The van der Waals surface area contributed by atoms with E-state index in [0.717, 1.165) is 44.0 Å². The molecule has 0 aliphatic rings. The Hall–Kier alpha value is -3.79. The Labute approximate surface area is 206 Å². The summed E-state index contributed by atoms with van der Waals surface area (Å²) in [5.74, 6) is 1.20. The second-order valence-corrected chi connectivity index (χ2v) is 8.80. The molecule has 0 atom stereocenters. The van der Waals surface area contributed by atoms with Gasteiger partial charge in [0.1, 0.15) is 5.75 Å². The second kappa shape index (κ2) is 8.53. The number of para-hydroxylation sites is 2. The molecular formula is C29H18Cl2N2O. The van der Waals surface area contributed by atoms with Crippen molar-refractivity contribution in [2.45, 2.75) is 0 Å². The number of fused-ring (bicyclic) bond motifs is 3. The number of anilines is 2. The number of nitrogens with zero attached hydrogens (tertiary/aromatic N) is 1. The summed E-state index contributed by atoms with van der Waals surface area (Å²) in [6.45, 7) is 0. The third kappa shape index (κ3) is 3.69. The number of hydrogen-bond acceptors (Lipinski definition) is 3. The van der Waals surface area contributed by atoms with Crippen LogP contribution in [0.25, 0.3) is 32.6 Å². The van der Waals surface area contributed by atoms with Crippen molar-refractivity contribution in [3.63, 3.8) is 0 Å². The van der Waals surface area contributed by atoms with Crippen molar-refractivity contribution in [3.05, 3.63) is 113 Å². The average molecular weight is 481 g/mol. The number of nitrogens with one attached hydrogen (secondary N) is 1. The van der Waals surface area contributed by atoms with Gasteiger partial charge in [-0.2, -0.15) is 0 Å². The Morgan fingerprint density at radius 1 is 0.618 bits per heavy atom. The number of aromatic nitrogens is 1. The molecule has 0 fully saturated rings. The highest BCUT2D eigenvalue weighted by Gasteiger charge is 2.14. The molecule has 164 valence electrons. The summed E-state index contributed by atoms with van der Waals surface area (Å²) >= 11 is 13.1. The molecule has 0 spiro atoms. The fourth-order valence-electron chi connectivity index (χ4n) is 4.21. The van der Waals surface area contributed by atoms with Crippen LogP contribution in [0.15, 0.2) is 103 Å². The van der Waals surface area contributed by atoms with Crippen LogP contribution in [0.5, 0.6) is 11.5 Å². The molecule has 0 bridgehead atoms. The van der Waals surface area contributed by atoms with Crippen molar-refractivity contribution in [1.82, 2.24) is 4.98 Å². The molecule has 0 amide bonds. The number of benzene rings is 5. The maximum absolute atomic E-state index is 6.71. The quantitative estimate of drug-likeness (QED) is 0.255. The Bertz CT molecular complexity index is 1640. The lowest BCUT2D eigenvalue weighted by Crippen LogP contribution is -1.98. The molecule has 5 heteroatoms. The van der Waals surface area contributed by atoms with E-state index in [1.165, 1.54) is 0 Å². The highest BCUT2D eigenvalue weighted by atomic mass is 35.5. The van der Waals surface area contributed by atoms with Gasteiger partial charge in [-0.25, -0.2) is 4.98 Å². The Morgan fingerprint density at radius 2 is 1.24 bits per heavy atom. The first-order valence-electron chi connectivity index (χ1n) is 10.9. The van der Waals surface area contributed by atoms with Crippen molar-refractivity contribution in [2.75, 3.05) is 5.32 Å². The van der Waals surface area contributed by atoms with Crippen molar-refractivity contribution < 1.29 is 4.74 Å². The zero-order valence-electron chi connectivity index (χ0n) is 17.9. The van der Waals surface area contributed by atoms with Crippen LogP contribution in [0.2, 0.25) is 10.0 Å². The fourth-order valence-corrected chi connectivity index (χ4v) is 4.65. The lowest BCUT2D eigenvalue weighted by atomic mass is 10.1. The molecule has 34 heavy (non-hydrogen) atoms. The van der Waals surface area contributed by atoms with E-state index in [1.807, 2.05) is 84.9 Å². The lowest BCUT2D eigenvalue weighted by Gasteiger charge is -2.17. The number of hydrogen-bond donors (Lipinski definition) is 1. The van der Waals surface area contributed by atoms with E-state index in [-0.39, 0.29) is 0 Å². The van der Waals surface area contributed by atoms with Gasteiger partial charge in [0.25, 0.3) is 0 Å². The van der Waals surface area contributed by atoms with Gasteiger partial charge >= 0.3 is 0 Å². The van der Waals surface area contributed by atoms with Crippen LogP contribution in [-0.4, -0.2) is 4.98 Å². The molecule has 0 unspecified atom stereocenters. The van der Waals surface area contributed by atoms with Gasteiger partial charge in [-0.05, 0) is 41.8 Å². The molecule has 0 aliphatic heterocycles. The van der Waals surface area contributed by atoms with Gasteiger partial charge in [0, 0.05) is 21.2 Å². The van der Waals surface area contributed by atoms with Crippen molar-refractivity contribution >= 4 is 67.2 Å². The summed E-state index contributed by atoms with van der Waals surface area (Å²) in [7, 11) is 0. The topological polar surface area (TPSA) is 34.1 Å². The standard InChI is InChI=1S/C29H18Cl2N2O/c30-19-14-16-26(34-27-15-13-18-7-1-2-8-20(18)28(27)31)25(17-19)33-29-21-9-3-5-11-23(21)32-24-12-6-4-10-22(24)29/h1-17H,(H,32,33). The number of ether oxygens (including phenoxy) is 1. The van der Waals surface area contributed by atoms with Crippen LogP contribution in [0.4, 0.5) is 11.4 Å². The first-order valence-corrected chi connectivity index (χ1v) is 11.6. The van der Waals surface area contributed by atoms with Gasteiger partial charge in [0.2, 0.25) is 0 Å². The van der Waals surface area contributed by atoms with Crippen LogP contribution in [0, 0.1) is 0 Å². The van der Waals surface area contributed by atoms with E-state index >= 15 is 0 Å². The molecule has 0 aliphatic carbocycles. The smallest absolute Gasteiger partial charge is 0.151 e. The van der Waals surface area contributed by atoms with Crippen molar-refractivity contribution in [3.8, 4) is 11.5 Å². The van der Waals surface area contributed by atoms with E-state index < -0.39 is 0 Å². The van der Waals surface area contributed by atoms with Crippen LogP contribution < -0.4 is 10.1 Å². The summed E-state index contributed by atoms with van der Waals surface area (Å²) < 4.78 is 6.33. The zero-order chi connectivity index (χ0) is 23.1. The first kappa shape index (κ1) is 20.8. The minimum atomic E-state index is 0.568. The summed E-state index contributed by atoms with van der Waals surface area (Å²) in [5, 5.41) is 8.77. The molecule has 3 nitrogen and oxygen atoms in total. The largest absolute Gasteiger partial charge is 0.454 e. The molecule has 5 aromatic carbocycles. The average Bonchev–Trinajstić information content (AvgIpc) is 2.87. The Morgan fingerprint density at radius 3 is 1.97 bits per heavy atom. The van der Waals surface area contributed by atoms with E-state index in [4.69, 9.17) is 32.9 Å². The normalized spacial score (nSPS) is 11.2. The van der Waals surface area contributed by atoms with Crippen LogP contribution in [-0.2, 0) is 0 Å². The van der Waals surface area contributed by atoms with Crippen molar-refractivity contribution in [1.29, 1.82) is 0 Å². The zero-order valence-corrected chi connectivity index (χ0v) is 19.4. The maximum atomic E-state index is 6.71. The van der Waals surface area contributed by atoms with E-state index in [0.29, 0.717) is 21.5 Å². The van der Waals surface area contributed by atoms with Gasteiger partial charge in [0.15, 0.2) is 5.75 Å². The molecular weight excluding hydrogens is 463 g/mol. The van der Waals surface area contributed by atoms with Gasteiger partial charge in [-0.1, -0.05) is 89.9 Å². The molecule has 1 aromatic heterocycles. The molecule has 0 saturated heterocycles. The third-order valence-corrected chi connectivity index (χ3v) is 6.46. The van der Waals surface area contributed by atoms with E-state index in [1.54, 1.807) is 6.07 Å². The minimum absolute atomic E-state index is 0.568. The van der Waals surface area contributed by atoms with Crippen LogP contribution in [0.1, 0.15) is 0 Å².